The standard InChI is InChI=1S/C24H33N3O5S/c1-6-32-24(29)26-20(13-16(2)3)15-25-23(28)22-14-21(12-9-18(22)5)33(30,31)27-19-10-7-17(4)8-11-19/h7-12,14,16,20,27H,6,13,15H2,1-5H3,(H,25,28)(H,26,29). The van der Waals surface area contributed by atoms with Crippen molar-refractivity contribution in [1.82, 2.24) is 10.6 Å². The summed E-state index contributed by atoms with van der Waals surface area (Å²) in [7, 11) is -3.87. The molecule has 9 heteroatoms. The van der Waals surface area contributed by atoms with Gasteiger partial charge in [-0.3, -0.25) is 9.52 Å². The Labute approximate surface area is 196 Å². The highest BCUT2D eigenvalue weighted by Gasteiger charge is 2.20. The summed E-state index contributed by atoms with van der Waals surface area (Å²) in [5.41, 5.74) is 2.34. The van der Waals surface area contributed by atoms with E-state index in [0.717, 1.165) is 5.56 Å². The normalized spacial score (nSPS) is 12.2. The van der Waals surface area contributed by atoms with Gasteiger partial charge < -0.3 is 15.4 Å². The van der Waals surface area contributed by atoms with Gasteiger partial charge >= 0.3 is 6.09 Å². The number of nitrogens with one attached hydrogen (secondary N) is 3. The first-order chi connectivity index (χ1) is 15.5. The van der Waals surface area contributed by atoms with Crippen molar-refractivity contribution in [2.45, 2.75) is 52.0 Å². The predicted molar refractivity (Wildman–Crippen MR) is 129 cm³/mol. The summed E-state index contributed by atoms with van der Waals surface area (Å²) in [6, 6.07) is 11.1. The summed E-state index contributed by atoms with van der Waals surface area (Å²) in [4.78, 5) is 24.7. The summed E-state index contributed by atoms with van der Waals surface area (Å²) in [6.07, 6.45) is 0.108. The van der Waals surface area contributed by atoms with Gasteiger partial charge in [0.05, 0.1) is 11.5 Å². The van der Waals surface area contributed by atoms with Gasteiger partial charge in [-0.05, 0) is 62.9 Å². The largest absolute Gasteiger partial charge is 0.450 e. The van der Waals surface area contributed by atoms with Crippen LogP contribution in [0.25, 0.3) is 0 Å². The number of alkyl carbamates (subject to hydrolysis) is 1. The number of carbonyl (C=O) groups excluding carboxylic acids is 2. The molecule has 2 aromatic rings. The Morgan fingerprint density at radius 3 is 2.30 bits per heavy atom. The van der Waals surface area contributed by atoms with Crippen LogP contribution in [0.5, 0.6) is 0 Å². The molecule has 2 amide bonds. The molecule has 0 aromatic heterocycles. The highest BCUT2D eigenvalue weighted by Crippen LogP contribution is 2.20. The van der Waals surface area contributed by atoms with Crippen LogP contribution in [0.2, 0.25) is 0 Å². The highest BCUT2D eigenvalue weighted by atomic mass is 32.2. The number of hydrogen-bond acceptors (Lipinski definition) is 5. The lowest BCUT2D eigenvalue weighted by Crippen LogP contribution is -2.44. The molecule has 0 spiro atoms. The zero-order chi connectivity index (χ0) is 24.6. The molecule has 0 bridgehead atoms. The molecule has 180 valence electrons. The van der Waals surface area contributed by atoms with E-state index in [4.69, 9.17) is 4.74 Å². The van der Waals surface area contributed by atoms with E-state index in [1.54, 1.807) is 32.0 Å². The summed E-state index contributed by atoms with van der Waals surface area (Å²) in [6.45, 7) is 9.84. The van der Waals surface area contributed by atoms with Gasteiger partial charge in [-0.25, -0.2) is 13.2 Å². The van der Waals surface area contributed by atoms with E-state index in [-0.39, 0.29) is 35.6 Å². The third kappa shape index (κ3) is 8.09. The maximum absolute atomic E-state index is 12.9. The Bertz CT molecular complexity index is 1070. The van der Waals surface area contributed by atoms with Crippen molar-refractivity contribution in [1.29, 1.82) is 0 Å². The average Bonchev–Trinajstić information content (AvgIpc) is 2.73. The number of hydrogen-bond donors (Lipinski definition) is 3. The number of amides is 2. The molecular formula is C24H33N3O5S. The van der Waals surface area contributed by atoms with Crippen molar-refractivity contribution in [3.8, 4) is 0 Å². The summed E-state index contributed by atoms with van der Waals surface area (Å²) >= 11 is 0. The van der Waals surface area contributed by atoms with E-state index in [0.29, 0.717) is 17.7 Å². The zero-order valence-electron chi connectivity index (χ0n) is 19.8. The van der Waals surface area contributed by atoms with Gasteiger partial charge in [0.25, 0.3) is 15.9 Å². The Hall–Kier alpha value is -3.07. The minimum absolute atomic E-state index is 0.0118. The van der Waals surface area contributed by atoms with Crippen molar-refractivity contribution in [3.05, 3.63) is 59.2 Å². The maximum atomic E-state index is 12.9. The molecule has 33 heavy (non-hydrogen) atoms. The molecule has 0 aliphatic heterocycles. The quantitative estimate of drug-likeness (QED) is 0.481. The maximum Gasteiger partial charge on any atom is 0.407 e. The van der Waals surface area contributed by atoms with Gasteiger partial charge in [-0.15, -0.1) is 0 Å². The first kappa shape index (κ1) is 26.2. The fraction of sp³-hybridized carbons (Fsp3) is 0.417. The predicted octanol–water partition coefficient (Wildman–Crippen LogP) is 3.99. The smallest absolute Gasteiger partial charge is 0.407 e. The fourth-order valence-electron chi connectivity index (χ4n) is 3.26. The average molecular weight is 476 g/mol. The molecule has 3 N–H and O–H groups in total. The SMILES string of the molecule is CCOC(=O)NC(CNC(=O)c1cc(S(=O)(=O)Nc2ccc(C)cc2)ccc1C)CC(C)C. The minimum atomic E-state index is -3.87. The van der Waals surface area contributed by atoms with Crippen LogP contribution in [-0.4, -0.2) is 39.6 Å². The van der Waals surface area contributed by atoms with Crippen LogP contribution < -0.4 is 15.4 Å². The van der Waals surface area contributed by atoms with Crippen LogP contribution in [0.15, 0.2) is 47.4 Å². The van der Waals surface area contributed by atoms with Crippen LogP contribution in [0, 0.1) is 19.8 Å². The van der Waals surface area contributed by atoms with Gasteiger partial charge in [-0.1, -0.05) is 37.6 Å². The van der Waals surface area contributed by atoms with Crippen LogP contribution in [0.4, 0.5) is 10.5 Å². The monoisotopic (exact) mass is 475 g/mol. The minimum Gasteiger partial charge on any atom is -0.450 e. The Morgan fingerprint density at radius 2 is 1.70 bits per heavy atom. The van der Waals surface area contributed by atoms with Crippen LogP contribution in [0.1, 0.15) is 48.7 Å². The number of ether oxygens (including phenoxy) is 1. The molecule has 2 aromatic carbocycles. The third-order valence-corrected chi connectivity index (χ3v) is 6.31. The second kappa shape index (κ2) is 11.7. The Balaban J connectivity index is 2.15. The molecule has 1 unspecified atom stereocenters. The molecule has 0 saturated heterocycles. The van der Waals surface area contributed by atoms with Crippen molar-refractivity contribution in [2.24, 2.45) is 5.92 Å². The lowest BCUT2D eigenvalue weighted by atomic mass is 10.0. The molecule has 0 aliphatic carbocycles. The molecule has 0 heterocycles. The molecule has 2 rings (SSSR count). The fourth-order valence-corrected chi connectivity index (χ4v) is 4.35. The van der Waals surface area contributed by atoms with Crippen molar-refractivity contribution in [3.63, 3.8) is 0 Å². The molecule has 0 saturated carbocycles. The van der Waals surface area contributed by atoms with Crippen molar-refractivity contribution < 1.29 is 22.7 Å². The number of anilines is 1. The topological polar surface area (TPSA) is 114 Å². The lowest BCUT2D eigenvalue weighted by Gasteiger charge is -2.21. The molecular weight excluding hydrogens is 442 g/mol. The summed E-state index contributed by atoms with van der Waals surface area (Å²) < 4.78 is 33.1. The first-order valence-corrected chi connectivity index (χ1v) is 12.4. The third-order valence-electron chi connectivity index (χ3n) is 4.93. The van der Waals surface area contributed by atoms with Crippen LogP contribution in [0.3, 0.4) is 0 Å². The number of aryl methyl sites for hydroxylation is 2. The summed E-state index contributed by atoms with van der Waals surface area (Å²) in [5, 5.41) is 5.56. The van der Waals surface area contributed by atoms with E-state index < -0.39 is 22.0 Å². The number of carbonyl (C=O) groups is 2. The van der Waals surface area contributed by atoms with Crippen LogP contribution >= 0.6 is 0 Å². The van der Waals surface area contributed by atoms with E-state index in [2.05, 4.69) is 15.4 Å². The van der Waals surface area contributed by atoms with Crippen molar-refractivity contribution >= 4 is 27.7 Å². The highest BCUT2D eigenvalue weighted by molar-refractivity contribution is 7.92. The second-order valence-corrected chi connectivity index (χ2v) is 10.0. The van der Waals surface area contributed by atoms with Crippen LogP contribution in [-0.2, 0) is 14.8 Å². The van der Waals surface area contributed by atoms with Gasteiger partial charge in [0, 0.05) is 23.8 Å². The van der Waals surface area contributed by atoms with Gasteiger partial charge in [0.2, 0.25) is 0 Å². The van der Waals surface area contributed by atoms with Crippen molar-refractivity contribution in [2.75, 3.05) is 17.9 Å². The lowest BCUT2D eigenvalue weighted by molar-refractivity contribution is 0.0943. The van der Waals surface area contributed by atoms with E-state index in [1.807, 2.05) is 32.9 Å². The molecule has 0 aliphatic rings. The number of rotatable bonds is 10. The molecule has 0 radical (unpaired) electrons. The molecule has 0 fully saturated rings. The van der Waals surface area contributed by atoms with Gasteiger partial charge in [0.15, 0.2) is 0 Å². The zero-order valence-corrected chi connectivity index (χ0v) is 20.6. The number of benzene rings is 2. The molecule has 8 nitrogen and oxygen atoms in total. The Morgan fingerprint density at radius 1 is 1.03 bits per heavy atom. The van der Waals surface area contributed by atoms with Gasteiger partial charge in [0.1, 0.15) is 0 Å². The number of sulfonamides is 1. The summed E-state index contributed by atoms with van der Waals surface area (Å²) in [5.74, 6) is -0.129. The molecule has 1 atom stereocenters. The van der Waals surface area contributed by atoms with E-state index in [1.165, 1.54) is 12.1 Å². The Kier molecular flexibility index (Phi) is 9.28. The van der Waals surface area contributed by atoms with E-state index >= 15 is 0 Å². The van der Waals surface area contributed by atoms with E-state index in [9.17, 15) is 18.0 Å². The van der Waals surface area contributed by atoms with Gasteiger partial charge in [-0.2, -0.15) is 0 Å². The second-order valence-electron chi connectivity index (χ2n) is 8.35. The first-order valence-electron chi connectivity index (χ1n) is 10.9.